The highest BCUT2D eigenvalue weighted by Gasteiger charge is 2.47. The molecule has 0 bridgehead atoms. The fourth-order valence-corrected chi connectivity index (χ4v) is 3.13. The van der Waals surface area contributed by atoms with Gasteiger partial charge < -0.3 is 14.4 Å². The number of hydrogen-bond donors (Lipinski definition) is 0. The Balaban J connectivity index is 3.39. The van der Waals surface area contributed by atoms with Gasteiger partial charge in [-0.2, -0.15) is 0 Å². The van der Waals surface area contributed by atoms with Crippen LogP contribution in [0.1, 0.15) is 53.5 Å². The molecule has 1 aromatic carbocycles. The topological polar surface area (TPSA) is 55.8 Å². The van der Waals surface area contributed by atoms with Crippen molar-refractivity contribution in [3.63, 3.8) is 0 Å². The average Bonchev–Trinajstić information content (AvgIpc) is 2.52. The van der Waals surface area contributed by atoms with Gasteiger partial charge in [0.25, 0.3) is 0 Å². The molecule has 0 fully saturated rings. The van der Waals surface area contributed by atoms with E-state index in [1.165, 1.54) is 7.11 Å². The first kappa shape index (κ1) is 21.0. The zero-order valence-corrected chi connectivity index (χ0v) is 16.4. The van der Waals surface area contributed by atoms with E-state index >= 15 is 0 Å². The summed E-state index contributed by atoms with van der Waals surface area (Å²) in [7, 11) is 1.32. The Morgan fingerprint density at radius 2 is 1.52 bits per heavy atom. The lowest BCUT2D eigenvalue weighted by molar-refractivity contribution is -0.167. The van der Waals surface area contributed by atoms with E-state index < -0.39 is 17.7 Å². The number of ether oxygens (including phenoxy) is 2. The van der Waals surface area contributed by atoms with Crippen molar-refractivity contribution in [3.8, 4) is 0 Å². The van der Waals surface area contributed by atoms with E-state index in [4.69, 9.17) is 9.47 Å². The Kier molecular flexibility index (Phi) is 7.46. The summed E-state index contributed by atoms with van der Waals surface area (Å²) in [6.45, 7) is 11.7. The maximum atomic E-state index is 12.9. The lowest BCUT2D eigenvalue weighted by atomic mass is 9.85. The first-order valence-electron chi connectivity index (χ1n) is 8.81. The molecule has 0 heterocycles. The van der Waals surface area contributed by atoms with Gasteiger partial charge in [0.15, 0.2) is 0 Å². The van der Waals surface area contributed by atoms with Gasteiger partial charge in [0.1, 0.15) is 0 Å². The maximum absolute atomic E-state index is 12.9. The third-order valence-corrected chi connectivity index (χ3v) is 4.04. The molecule has 1 amide bonds. The van der Waals surface area contributed by atoms with Gasteiger partial charge in [-0.15, -0.1) is 0 Å². The predicted octanol–water partition coefficient (Wildman–Crippen LogP) is 4.36. The fourth-order valence-electron chi connectivity index (χ4n) is 3.13. The summed E-state index contributed by atoms with van der Waals surface area (Å²) < 4.78 is 10.9. The Hall–Kier alpha value is -2.04. The van der Waals surface area contributed by atoms with E-state index in [9.17, 15) is 9.59 Å². The molecule has 0 saturated heterocycles. The van der Waals surface area contributed by atoms with Crippen molar-refractivity contribution in [2.45, 2.75) is 65.6 Å². The number of methoxy groups -OCH3 is 1. The smallest absolute Gasteiger partial charge is 0.411 e. The number of benzene rings is 1. The molecule has 0 aliphatic carbocycles. The number of rotatable bonds is 7. The molecule has 0 aliphatic heterocycles. The van der Waals surface area contributed by atoms with Crippen molar-refractivity contribution in [2.75, 3.05) is 7.11 Å². The first-order valence-corrected chi connectivity index (χ1v) is 8.81. The maximum Gasteiger partial charge on any atom is 0.411 e. The van der Waals surface area contributed by atoms with Crippen molar-refractivity contribution in [2.24, 2.45) is 5.92 Å². The van der Waals surface area contributed by atoms with Crippen LogP contribution in [0.25, 0.3) is 0 Å². The molecule has 0 N–H and O–H groups in total. The molecule has 1 rings (SSSR count). The van der Waals surface area contributed by atoms with Crippen LogP contribution in [-0.4, -0.2) is 36.2 Å². The Morgan fingerprint density at radius 1 is 1.00 bits per heavy atom. The summed E-state index contributed by atoms with van der Waals surface area (Å²) >= 11 is 0. The SMILES string of the molecule is COC(=O)C(CC(C)C)(OC(=O)N(C(C)C)C(C)C)c1ccccc1. The highest BCUT2D eigenvalue weighted by molar-refractivity contribution is 5.84. The Morgan fingerprint density at radius 3 is 1.92 bits per heavy atom. The number of amides is 1. The summed E-state index contributed by atoms with van der Waals surface area (Å²) in [4.78, 5) is 27.3. The molecule has 0 aliphatic rings. The molecular formula is C20H31NO4. The molecule has 0 saturated carbocycles. The highest BCUT2D eigenvalue weighted by Crippen LogP contribution is 2.35. The third kappa shape index (κ3) is 4.97. The van der Waals surface area contributed by atoms with E-state index in [2.05, 4.69) is 0 Å². The zero-order chi connectivity index (χ0) is 19.2. The van der Waals surface area contributed by atoms with E-state index in [0.717, 1.165) is 0 Å². The van der Waals surface area contributed by atoms with E-state index in [1.807, 2.05) is 59.7 Å². The van der Waals surface area contributed by atoms with Crippen LogP contribution in [0.3, 0.4) is 0 Å². The molecule has 25 heavy (non-hydrogen) atoms. The van der Waals surface area contributed by atoms with Crippen molar-refractivity contribution < 1.29 is 19.1 Å². The van der Waals surface area contributed by atoms with Crippen molar-refractivity contribution in [3.05, 3.63) is 35.9 Å². The summed E-state index contributed by atoms with van der Waals surface area (Å²) in [6, 6.07) is 9.00. The summed E-state index contributed by atoms with van der Waals surface area (Å²) in [6.07, 6.45) is -0.167. The molecule has 140 valence electrons. The van der Waals surface area contributed by atoms with Gasteiger partial charge in [-0.3, -0.25) is 0 Å². The van der Waals surface area contributed by atoms with Crippen LogP contribution in [0, 0.1) is 5.92 Å². The highest BCUT2D eigenvalue weighted by atomic mass is 16.6. The molecule has 0 spiro atoms. The fraction of sp³-hybridized carbons (Fsp3) is 0.600. The van der Waals surface area contributed by atoms with Gasteiger partial charge in [0, 0.05) is 24.1 Å². The Bertz CT molecular complexity index is 560. The third-order valence-electron chi connectivity index (χ3n) is 4.04. The molecular weight excluding hydrogens is 318 g/mol. The van der Waals surface area contributed by atoms with Crippen LogP contribution in [0.4, 0.5) is 4.79 Å². The number of nitrogens with zero attached hydrogens (tertiary/aromatic N) is 1. The van der Waals surface area contributed by atoms with E-state index in [-0.39, 0.29) is 18.0 Å². The zero-order valence-electron chi connectivity index (χ0n) is 16.4. The van der Waals surface area contributed by atoms with E-state index in [0.29, 0.717) is 12.0 Å². The van der Waals surface area contributed by atoms with Crippen molar-refractivity contribution in [1.29, 1.82) is 0 Å². The van der Waals surface area contributed by atoms with Gasteiger partial charge in [-0.1, -0.05) is 44.2 Å². The number of carbonyl (C=O) groups excluding carboxylic acids is 2. The minimum atomic E-state index is -1.46. The first-order chi connectivity index (χ1) is 11.7. The summed E-state index contributed by atoms with van der Waals surface area (Å²) in [5.41, 5.74) is -0.833. The summed E-state index contributed by atoms with van der Waals surface area (Å²) in [5, 5.41) is 0. The second-order valence-electron chi connectivity index (χ2n) is 7.25. The summed E-state index contributed by atoms with van der Waals surface area (Å²) in [5.74, 6) is -0.438. The molecule has 5 nitrogen and oxygen atoms in total. The molecule has 0 radical (unpaired) electrons. The number of esters is 1. The normalized spacial score (nSPS) is 13.7. The monoisotopic (exact) mass is 349 g/mol. The van der Waals surface area contributed by atoms with Gasteiger partial charge in [0.05, 0.1) is 7.11 Å². The number of carbonyl (C=O) groups is 2. The molecule has 1 aromatic rings. The van der Waals surface area contributed by atoms with Crippen LogP contribution < -0.4 is 0 Å². The van der Waals surface area contributed by atoms with Gasteiger partial charge in [0.2, 0.25) is 5.60 Å². The largest absolute Gasteiger partial charge is 0.466 e. The quantitative estimate of drug-likeness (QED) is 0.687. The average molecular weight is 349 g/mol. The van der Waals surface area contributed by atoms with Crippen molar-refractivity contribution in [1.82, 2.24) is 4.90 Å². The Labute approximate surface area is 151 Å². The second kappa shape index (κ2) is 8.88. The molecule has 1 atom stereocenters. The van der Waals surface area contributed by atoms with Crippen LogP contribution in [-0.2, 0) is 19.9 Å². The van der Waals surface area contributed by atoms with Gasteiger partial charge in [-0.25, -0.2) is 9.59 Å². The molecule has 0 aromatic heterocycles. The lowest BCUT2D eigenvalue weighted by Crippen LogP contribution is -2.49. The second-order valence-corrected chi connectivity index (χ2v) is 7.25. The van der Waals surface area contributed by atoms with Gasteiger partial charge in [-0.05, 0) is 33.6 Å². The molecule has 5 heteroatoms. The van der Waals surface area contributed by atoms with Gasteiger partial charge >= 0.3 is 12.1 Å². The lowest BCUT2D eigenvalue weighted by Gasteiger charge is -2.37. The van der Waals surface area contributed by atoms with Crippen LogP contribution >= 0.6 is 0 Å². The minimum absolute atomic E-state index is 0.0438. The van der Waals surface area contributed by atoms with Crippen LogP contribution in [0.5, 0.6) is 0 Å². The number of hydrogen-bond acceptors (Lipinski definition) is 4. The van der Waals surface area contributed by atoms with Crippen LogP contribution in [0.2, 0.25) is 0 Å². The standard InChI is InChI=1S/C20H31NO4/c1-14(2)13-20(18(22)24-7,17-11-9-8-10-12-17)25-19(23)21(15(3)4)16(5)6/h8-12,14-16H,13H2,1-7H3. The predicted molar refractivity (Wildman–Crippen MR) is 98.2 cm³/mol. The van der Waals surface area contributed by atoms with Crippen LogP contribution in [0.15, 0.2) is 30.3 Å². The molecule has 1 unspecified atom stereocenters. The minimum Gasteiger partial charge on any atom is -0.466 e. The van der Waals surface area contributed by atoms with E-state index in [1.54, 1.807) is 17.0 Å². The van der Waals surface area contributed by atoms with Crippen molar-refractivity contribution >= 4 is 12.1 Å².